The second-order valence-electron chi connectivity index (χ2n) is 2.37. The van der Waals surface area contributed by atoms with E-state index in [0.29, 0.717) is 6.61 Å². The first-order valence-corrected chi connectivity index (χ1v) is 7.13. The van der Waals surface area contributed by atoms with Crippen molar-refractivity contribution in [1.29, 1.82) is 0 Å². The van der Waals surface area contributed by atoms with Gasteiger partial charge in [0, 0.05) is 0 Å². The van der Waals surface area contributed by atoms with E-state index in [1.165, 1.54) is 6.42 Å². The number of carbonyl (C=O) groups is 1. The van der Waals surface area contributed by atoms with Crippen LogP contribution in [0.25, 0.3) is 0 Å². The van der Waals surface area contributed by atoms with Crippen molar-refractivity contribution in [3.05, 3.63) is 7.82 Å². The molecule has 0 bridgehead atoms. The van der Waals surface area contributed by atoms with Gasteiger partial charge in [-0.2, -0.15) is 0 Å². The topological polar surface area (TPSA) is 26.3 Å². The summed E-state index contributed by atoms with van der Waals surface area (Å²) in [5.41, 5.74) is 0. The molecule has 1 aliphatic rings. The Morgan fingerprint density at radius 1 is 1.54 bits per heavy atom. The second-order valence-corrected chi connectivity index (χ2v) is 5.92. The van der Waals surface area contributed by atoms with Crippen LogP contribution in [0.15, 0.2) is 7.82 Å². The summed E-state index contributed by atoms with van der Waals surface area (Å²) >= 11 is 5.59. The van der Waals surface area contributed by atoms with E-state index in [0.717, 1.165) is 19.3 Å². The molecule has 0 spiro atoms. The molecule has 13 heavy (non-hydrogen) atoms. The van der Waals surface area contributed by atoms with Crippen molar-refractivity contribution in [3.8, 4) is 0 Å². The number of thioether (sulfide) groups is 2. The average Bonchev–Trinajstić information content (AvgIpc) is 2.18. The van der Waals surface area contributed by atoms with E-state index in [4.69, 9.17) is 4.74 Å². The summed E-state index contributed by atoms with van der Waals surface area (Å²) in [7, 11) is 0. The molecule has 1 aliphatic heterocycles. The first kappa shape index (κ1) is 11.7. The molecule has 5 heteroatoms. The summed E-state index contributed by atoms with van der Waals surface area (Å²) in [4.78, 5) is 11.3. The maximum Gasteiger partial charge on any atom is 0.346 e. The Morgan fingerprint density at radius 3 is 2.69 bits per heavy atom. The highest BCUT2D eigenvalue weighted by atomic mass is 127. The van der Waals surface area contributed by atoms with E-state index < -0.39 is 0 Å². The van der Waals surface area contributed by atoms with Gasteiger partial charge < -0.3 is 4.74 Å². The molecular formula is C8H11IO2S2. The molecule has 1 heterocycles. The van der Waals surface area contributed by atoms with E-state index in [1.807, 2.05) is 6.92 Å². The quantitative estimate of drug-likeness (QED) is 0.442. The summed E-state index contributed by atoms with van der Waals surface area (Å²) in [6.07, 6.45) is 1.23. The zero-order valence-electron chi connectivity index (χ0n) is 7.34. The largest absolute Gasteiger partial charge is 0.462 e. The predicted octanol–water partition coefficient (Wildman–Crippen LogP) is 3.02. The van der Waals surface area contributed by atoms with E-state index in [2.05, 4.69) is 22.6 Å². The van der Waals surface area contributed by atoms with Crippen LogP contribution in [0.1, 0.15) is 13.3 Å². The molecule has 0 aromatic carbocycles. The van der Waals surface area contributed by atoms with E-state index in [1.54, 1.807) is 23.5 Å². The molecule has 0 aromatic heterocycles. The van der Waals surface area contributed by atoms with Crippen LogP contribution in [-0.2, 0) is 9.53 Å². The highest BCUT2D eigenvalue weighted by Crippen LogP contribution is 2.39. The van der Waals surface area contributed by atoms with Crippen molar-refractivity contribution in [3.63, 3.8) is 0 Å². The third-order valence-corrected chi connectivity index (χ3v) is 5.73. The zero-order chi connectivity index (χ0) is 9.68. The fourth-order valence-corrected chi connectivity index (χ4v) is 4.31. The molecule has 1 rings (SSSR count). The zero-order valence-corrected chi connectivity index (χ0v) is 11.1. The summed E-state index contributed by atoms with van der Waals surface area (Å²) in [6, 6.07) is 0. The Morgan fingerprint density at radius 2 is 2.15 bits per heavy atom. The molecule has 0 aliphatic carbocycles. The van der Waals surface area contributed by atoms with Crippen LogP contribution in [0.2, 0.25) is 0 Å². The minimum absolute atomic E-state index is 0.181. The minimum Gasteiger partial charge on any atom is -0.462 e. The van der Waals surface area contributed by atoms with Crippen molar-refractivity contribution < 1.29 is 9.53 Å². The molecular weight excluding hydrogens is 319 g/mol. The van der Waals surface area contributed by atoms with Crippen molar-refractivity contribution in [1.82, 2.24) is 0 Å². The number of rotatable bonds is 2. The molecule has 0 N–H and O–H groups in total. The van der Waals surface area contributed by atoms with Crippen LogP contribution >= 0.6 is 46.1 Å². The molecule has 0 saturated carbocycles. The highest BCUT2D eigenvalue weighted by molar-refractivity contribution is 14.1. The predicted molar refractivity (Wildman–Crippen MR) is 67.2 cm³/mol. The molecule has 1 fully saturated rings. The van der Waals surface area contributed by atoms with E-state index >= 15 is 0 Å². The van der Waals surface area contributed by atoms with Gasteiger partial charge in [-0.1, -0.05) is 0 Å². The Bertz CT molecular complexity index is 220. The van der Waals surface area contributed by atoms with Gasteiger partial charge in [-0.05, 0) is 47.4 Å². The Hall–Kier alpha value is 0.640. The molecule has 2 nitrogen and oxygen atoms in total. The molecule has 74 valence electrons. The number of hydrogen-bond donors (Lipinski definition) is 0. The Balaban J connectivity index is 2.60. The second kappa shape index (κ2) is 6.19. The minimum atomic E-state index is -0.181. The van der Waals surface area contributed by atoms with Gasteiger partial charge in [0.15, 0.2) is 0 Å². The average molecular weight is 330 g/mol. The fourth-order valence-electron chi connectivity index (χ4n) is 0.835. The third-order valence-electron chi connectivity index (χ3n) is 1.39. The van der Waals surface area contributed by atoms with Crippen LogP contribution in [0.3, 0.4) is 0 Å². The number of ether oxygens (including phenoxy) is 1. The molecule has 0 atom stereocenters. The van der Waals surface area contributed by atoms with E-state index in [9.17, 15) is 4.79 Å². The number of halogens is 1. The molecule has 0 radical (unpaired) electrons. The van der Waals surface area contributed by atoms with E-state index in [-0.39, 0.29) is 5.97 Å². The van der Waals surface area contributed by atoms with Crippen molar-refractivity contribution in [2.75, 3.05) is 18.1 Å². The number of carbonyl (C=O) groups excluding carboxylic acids is 1. The van der Waals surface area contributed by atoms with Crippen molar-refractivity contribution in [2.45, 2.75) is 13.3 Å². The third kappa shape index (κ3) is 3.71. The Labute approximate surface area is 100 Å². The standard InChI is InChI=1S/C8H11IO2S2/c1-2-11-7(10)6(9)8-12-4-3-5-13-8/h2-5H2,1H3. The summed E-state index contributed by atoms with van der Waals surface area (Å²) in [6.45, 7) is 2.28. The van der Waals surface area contributed by atoms with Gasteiger partial charge >= 0.3 is 5.97 Å². The van der Waals surface area contributed by atoms with Gasteiger partial charge in [-0.25, -0.2) is 4.79 Å². The normalized spacial score (nSPS) is 16.9. The van der Waals surface area contributed by atoms with Crippen molar-refractivity contribution in [2.24, 2.45) is 0 Å². The lowest BCUT2D eigenvalue weighted by Gasteiger charge is -2.13. The van der Waals surface area contributed by atoms with Crippen molar-refractivity contribution >= 4 is 52.1 Å². The van der Waals surface area contributed by atoms with Gasteiger partial charge in [0.05, 0.1) is 10.8 Å². The maximum absolute atomic E-state index is 11.3. The molecule has 1 saturated heterocycles. The van der Waals surface area contributed by atoms with Crippen LogP contribution in [-0.4, -0.2) is 24.1 Å². The summed E-state index contributed by atoms with van der Waals surface area (Å²) < 4.78 is 6.80. The maximum atomic E-state index is 11.3. The fraction of sp³-hybridized carbons (Fsp3) is 0.625. The molecule has 0 aromatic rings. The SMILES string of the molecule is CCOC(=O)C(I)=C1SCCCS1. The molecule has 0 amide bonds. The van der Waals surface area contributed by atoms with Gasteiger partial charge in [0.2, 0.25) is 0 Å². The first-order chi connectivity index (χ1) is 6.25. The van der Waals surface area contributed by atoms with Gasteiger partial charge in [-0.15, -0.1) is 23.5 Å². The van der Waals surface area contributed by atoms with Crippen LogP contribution in [0.5, 0.6) is 0 Å². The van der Waals surface area contributed by atoms with Gasteiger partial charge in [-0.3, -0.25) is 0 Å². The monoisotopic (exact) mass is 330 g/mol. The highest BCUT2D eigenvalue weighted by Gasteiger charge is 2.16. The summed E-state index contributed by atoms with van der Waals surface area (Å²) in [5.74, 6) is 2.06. The van der Waals surface area contributed by atoms with Crippen LogP contribution in [0, 0.1) is 0 Å². The molecule has 0 unspecified atom stereocenters. The Kier molecular flexibility index (Phi) is 5.57. The lowest BCUT2D eigenvalue weighted by molar-refractivity contribution is -0.137. The first-order valence-electron chi connectivity index (χ1n) is 4.08. The van der Waals surface area contributed by atoms with Crippen LogP contribution in [0.4, 0.5) is 0 Å². The van der Waals surface area contributed by atoms with Gasteiger partial charge in [0.25, 0.3) is 0 Å². The summed E-state index contributed by atoms with van der Waals surface area (Å²) in [5, 5.41) is 0. The van der Waals surface area contributed by atoms with Crippen LogP contribution < -0.4 is 0 Å². The lowest BCUT2D eigenvalue weighted by atomic mass is 10.6. The smallest absolute Gasteiger partial charge is 0.346 e. The number of esters is 1. The lowest BCUT2D eigenvalue weighted by Crippen LogP contribution is -2.06. The van der Waals surface area contributed by atoms with Gasteiger partial charge in [0.1, 0.15) is 3.58 Å². The number of hydrogen-bond acceptors (Lipinski definition) is 4.